The van der Waals surface area contributed by atoms with Gasteiger partial charge in [-0.3, -0.25) is 9.59 Å². The van der Waals surface area contributed by atoms with E-state index in [0.29, 0.717) is 19.4 Å². The van der Waals surface area contributed by atoms with E-state index in [-0.39, 0.29) is 17.9 Å². The highest BCUT2D eigenvalue weighted by molar-refractivity contribution is 7.98. The Balaban J connectivity index is 2.08. The summed E-state index contributed by atoms with van der Waals surface area (Å²) in [6.45, 7) is 8.53. The molecule has 31 heavy (non-hydrogen) atoms. The summed E-state index contributed by atoms with van der Waals surface area (Å²) in [6, 6.07) is 18.0. The normalized spacial score (nSPS) is 12.8. The van der Waals surface area contributed by atoms with E-state index in [1.807, 2.05) is 70.2 Å². The first-order chi connectivity index (χ1) is 15.0. The van der Waals surface area contributed by atoms with E-state index in [1.54, 1.807) is 16.7 Å². The predicted octanol–water partition coefficient (Wildman–Crippen LogP) is 5.34. The molecule has 0 saturated carbocycles. The van der Waals surface area contributed by atoms with E-state index in [1.165, 1.54) is 5.56 Å². The van der Waals surface area contributed by atoms with E-state index in [2.05, 4.69) is 17.4 Å². The fraction of sp³-hybridized carbons (Fsp3) is 0.462. The van der Waals surface area contributed by atoms with Crippen LogP contribution in [-0.2, 0) is 21.9 Å². The van der Waals surface area contributed by atoms with Crippen molar-refractivity contribution in [2.45, 2.75) is 71.3 Å². The van der Waals surface area contributed by atoms with Crippen LogP contribution in [0.25, 0.3) is 0 Å². The Kier molecular flexibility index (Phi) is 10.6. The lowest BCUT2D eigenvalue weighted by molar-refractivity contribution is -0.141. The molecule has 1 N–H and O–H groups in total. The highest BCUT2D eigenvalue weighted by Crippen LogP contribution is 2.19. The second-order valence-corrected chi connectivity index (χ2v) is 9.08. The molecule has 4 nitrogen and oxygen atoms in total. The van der Waals surface area contributed by atoms with Gasteiger partial charge in [0.25, 0.3) is 0 Å². The van der Waals surface area contributed by atoms with E-state index in [4.69, 9.17) is 0 Å². The molecule has 2 atom stereocenters. The third kappa shape index (κ3) is 8.06. The van der Waals surface area contributed by atoms with Gasteiger partial charge >= 0.3 is 0 Å². The number of hydrogen-bond donors (Lipinski definition) is 1. The number of carbonyl (C=O) groups is 2. The van der Waals surface area contributed by atoms with Crippen LogP contribution in [0.15, 0.2) is 54.6 Å². The second-order valence-electron chi connectivity index (χ2n) is 7.98. The number of nitrogens with one attached hydrogen (secondary N) is 1. The van der Waals surface area contributed by atoms with Crippen LogP contribution in [0.2, 0.25) is 0 Å². The van der Waals surface area contributed by atoms with Crippen molar-refractivity contribution in [3.63, 3.8) is 0 Å². The molecular formula is C26H36N2O2S. The SMILES string of the molecule is CC[C@H](C(=O)N[C@@H](C)CC)N(Cc1ccccc1C)C(=O)CCSCc1ccccc1. The van der Waals surface area contributed by atoms with Crippen molar-refractivity contribution in [2.75, 3.05) is 5.75 Å². The molecule has 2 rings (SSSR count). The zero-order valence-electron chi connectivity index (χ0n) is 19.3. The third-order valence-corrected chi connectivity index (χ3v) is 6.59. The predicted molar refractivity (Wildman–Crippen MR) is 131 cm³/mol. The molecule has 5 heteroatoms. The molecule has 0 aliphatic carbocycles. The van der Waals surface area contributed by atoms with Gasteiger partial charge in [-0.15, -0.1) is 0 Å². The monoisotopic (exact) mass is 440 g/mol. The highest BCUT2D eigenvalue weighted by atomic mass is 32.2. The van der Waals surface area contributed by atoms with Crippen LogP contribution in [-0.4, -0.2) is 34.6 Å². The Bertz CT molecular complexity index is 825. The van der Waals surface area contributed by atoms with Crippen LogP contribution in [0.5, 0.6) is 0 Å². The van der Waals surface area contributed by atoms with Crippen molar-refractivity contribution >= 4 is 23.6 Å². The molecule has 0 bridgehead atoms. The smallest absolute Gasteiger partial charge is 0.243 e. The summed E-state index contributed by atoms with van der Waals surface area (Å²) in [4.78, 5) is 28.0. The van der Waals surface area contributed by atoms with Crippen molar-refractivity contribution in [3.8, 4) is 0 Å². The molecule has 2 aromatic rings. The standard InChI is InChI=1S/C26H36N2O2S/c1-5-21(4)27-26(30)24(6-2)28(18-23-15-11-10-12-20(23)3)25(29)16-17-31-19-22-13-8-7-9-14-22/h7-15,21,24H,5-6,16-19H2,1-4H3,(H,27,30)/t21-,24+/m0/s1. The molecule has 0 aliphatic heterocycles. The van der Waals surface area contributed by atoms with Crippen molar-refractivity contribution in [1.82, 2.24) is 10.2 Å². The number of rotatable bonds is 12. The molecule has 0 spiro atoms. The molecule has 0 fully saturated rings. The lowest BCUT2D eigenvalue weighted by atomic mass is 10.1. The molecule has 0 aromatic heterocycles. The molecule has 0 unspecified atom stereocenters. The molecule has 0 aliphatic rings. The fourth-order valence-electron chi connectivity index (χ4n) is 3.40. The molecule has 0 saturated heterocycles. The van der Waals surface area contributed by atoms with Gasteiger partial charge in [0.05, 0.1) is 0 Å². The zero-order valence-corrected chi connectivity index (χ0v) is 20.1. The molecule has 168 valence electrons. The summed E-state index contributed by atoms with van der Waals surface area (Å²) in [5, 5.41) is 3.07. The maximum Gasteiger partial charge on any atom is 0.243 e. The minimum atomic E-state index is -0.458. The lowest BCUT2D eigenvalue weighted by Gasteiger charge is -2.32. The van der Waals surface area contributed by atoms with Crippen LogP contribution in [0, 0.1) is 6.92 Å². The fourth-order valence-corrected chi connectivity index (χ4v) is 4.29. The second kappa shape index (κ2) is 13.2. The van der Waals surface area contributed by atoms with Crippen LogP contribution >= 0.6 is 11.8 Å². The Morgan fingerprint density at radius 2 is 1.68 bits per heavy atom. The number of thioether (sulfide) groups is 1. The Labute approximate surface area is 191 Å². The minimum Gasteiger partial charge on any atom is -0.352 e. The summed E-state index contributed by atoms with van der Waals surface area (Å²) < 4.78 is 0. The van der Waals surface area contributed by atoms with Crippen molar-refractivity contribution < 1.29 is 9.59 Å². The van der Waals surface area contributed by atoms with Crippen molar-refractivity contribution in [2.24, 2.45) is 0 Å². The number of benzene rings is 2. The first-order valence-corrected chi connectivity index (χ1v) is 12.4. The van der Waals surface area contributed by atoms with E-state index < -0.39 is 6.04 Å². The van der Waals surface area contributed by atoms with Gasteiger partial charge in [-0.2, -0.15) is 11.8 Å². The summed E-state index contributed by atoms with van der Waals surface area (Å²) in [6.07, 6.45) is 1.89. The number of hydrogen-bond acceptors (Lipinski definition) is 3. The minimum absolute atomic E-state index is 0.0370. The number of amides is 2. The van der Waals surface area contributed by atoms with Gasteiger partial charge < -0.3 is 10.2 Å². The van der Waals surface area contributed by atoms with Gasteiger partial charge in [-0.05, 0) is 43.4 Å². The van der Waals surface area contributed by atoms with Crippen LogP contribution in [0.4, 0.5) is 0 Å². The maximum absolute atomic E-state index is 13.3. The number of nitrogens with zero attached hydrogens (tertiary/aromatic N) is 1. The number of carbonyl (C=O) groups excluding carboxylic acids is 2. The highest BCUT2D eigenvalue weighted by Gasteiger charge is 2.29. The Hall–Kier alpha value is -2.27. The summed E-state index contributed by atoms with van der Waals surface area (Å²) >= 11 is 1.76. The average molecular weight is 441 g/mol. The third-order valence-electron chi connectivity index (χ3n) is 5.56. The topological polar surface area (TPSA) is 49.4 Å². The van der Waals surface area contributed by atoms with Crippen LogP contribution < -0.4 is 5.32 Å². The van der Waals surface area contributed by atoms with Gasteiger partial charge in [0.2, 0.25) is 11.8 Å². The van der Waals surface area contributed by atoms with E-state index in [0.717, 1.165) is 29.1 Å². The van der Waals surface area contributed by atoms with Crippen molar-refractivity contribution in [3.05, 3.63) is 71.3 Å². The van der Waals surface area contributed by atoms with Gasteiger partial charge in [-0.1, -0.05) is 68.4 Å². The van der Waals surface area contributed by atoms with Gasteiger partial charge in [-0.25, -0.2) is 0 Å². The molecule has 0 heterocycles. The lowest BCUT2D eigenvalue weighted by Crippen LogP contribution is -2.50. The zero-order chi connectivity index (χ0) is 22.6. The molecular weight excluding hydrogens is 404 g/mol. The molecule has 2 aromatic carbocycles. The largest absolute Gasteiger partial charge is 0.352 e. The maximum atomic E-state index is 13.3. The van der Waals surface area contributed by atoms with Crippen LogP contribution in [0.3, 0.4) is 0 Å². The average Bonchev–Trinajstić information content (AvgIpc) is 2.78. The van der Waals surface area contributed by atoms with Gasteiger partial charge in [0, 0.05) is 30.5 Å². The first kappa shape index (κ1) is 25.0. The van der Waals surface area contributed by atoms with Crippen molar-refractivity contribution in [1.29, 1.82) is 0 Å². The molecule has 0 radical (unpaired) electrons. The summed E-state index contributed by atoms with van der Waals surface area (Å²) in [5.74, 6) is 1.60. The quantitative estimate of drug-likeness (QED) is 0.453. The Morgan fingerprint density at radius 1 is 1.00 bits per heavy atom. The summed E-state index contributed by atoms with van der Waals surface area (Å²) in [7, 11) is 0. The first-order valence-electron chi connectivity index (χ1n) is 11.2. The van der Waals surface area contributed by atoms with E-state index >= 15 is 0 Å². The number of aryl methyl sites for hydroxylation is 1. The van der Waals surface area contributed by atoms with E-state index in [9.17, 15) is 9.59 Å². The van der Waals surface area contributed by atoms with Crippen LogP contribution in [0.1, 0.15) is 56.7 Å². The molecule has 2 amide bonds. The van der Waals surface area contributed by atoms with Gasteiger partial charge in [0.15, 0.2) is 0 Å². The van der Waals surface area contributed by atoms with Gasteiger partial charge in [0.1, 0.15) is 6.04 Å². The summed E-state index contributed by atoms with van der Waals surface area (Å²) in [5.41, 5.74) is 3.48. The Morgan fingerprint density at radius 3 is 2.32 bits per heavy atom.